The van der Waals surface area contributed by atoms with Crippen LogP contribution in [0.1, 0.15) is 32.8 Å². The Labute approximate surface area is 138 Å². The van der Waals surface area contributed by atoms with Gasteiger partial charge in [0.1, 0.15) is 5.75 Å². The average Bonchev–Trinajstić information content (AvgIpc) is 2.99. The number of ether oxygens (including phenoxy) is 2. The van der Waals surface area contributed by atoms with Gasteiger partial charge in [0.15, 0.2) is 6.10 Å². The van der Waals surface area contributed by atoms with Crippen LogP contribution < -0.4 is 9.64 Å². The zero-order valence-corrected chi connectivity index (χ0v) is 14.4. The molecule has 0 bridgehead atoms. The summed E-state index contributed by atoms with van der Waals surface area (Å²) in [4.78, 5) is 13.3. The second-order valence-electron chi connectivity index (χ2n) is 6.61. The van der Waals surface area contributed by atoms with Crippen molar-refractivity contribution in [3.05, 3.63) is 23.8 Å². The zero-order chi connectivity index (χ0) is 17.0. The van der Waals surface area contributed by atoms with Crippen LogP contribution in [0.2, 0.25) is 0 Å². The van der Waals surface area contributed by atoms with Gasteiger partial charge in [-0.3, -0.25) is 0 Å². The Hall–Kier alpha value is -1.75. The summed E-state index contributed by atoms with van der Waals surface area (Å²) in [6.45, 7) is 10.5. The van der Waals surface area contributed by atoms with E-state index < -0.39 is 12.1 Å². The minimum atomic E-state index is -0.962. The van der Waals surface area contributed by atoms with E-state index in [2.05, 4.69) is 18.7 Å². The first-order valence-corrected chi connectivity index (χ1v) is 8.23. The first-order valence-electron chi connectivity index (χ1n) is 8.23. The number of hydrogen-bond acceptors (Lipinski definition) is 4. The summed E-state index contributed by atoms with van der Waals surface area (Å²) >= 11 is 0. The third kappa shape index (κ3) is 4.61. The highest BCUT2D eigenvalue weighted by Crippen LogP contribution is 2.29. The van der Waals surface area contributed by atoms with Crippen molar-refractivity contribution in [1.29, 1.82) is 0 Å². The molecule has 1 aromatic carbocycles. The van der Waals surface area contributed by atoms with E-state index in [-0.39, 0.29) is 0 Å². The summed E-state index contributed by atoms with van der Waals surface area (Å²) in [7, 11) is 0. The van der Waals surface area contributed by atoms with Crippen molar-refractivity contribution in [2.75, 3.05) is 24.7 Å². The Bertz CT molecular complexity index is 538. The molecule has 0 amide bonds. The van der Waals surface area contributed by atoms with Crippen molar-refractivity contribution in [3.63, 3.8) is 0 Å². The maximum Gasteiger partial charge on any atom is 0.344 e. The molecule has 1 aliphatic heterocycles. The lowest BCUT2D eigenvalue weighted by Crippen LogP contribution is -2.38. The number of anilines is 1. The second kappa shape index (κ2) is 7.68. The molecular formula is C18H27NO4. The molecule has 1 heterocycles. The van der Waals surface area contributed by atoms with Crippen LogP contribution in [0.25, 0.3) is 0 Å². The van der Waals surface area contributed by atoms with Crippen LogP contribution in [0.5, 0.6) is 5.75 Å². The normalized spacial score (nSPS) is 18.9. The number of nitrogens with zero attached hydrogens (tertiary/aromatic N) is 1. The summed E-state index contributed by atoms with van der Waals surface area (Å²) in [5, 5.41) is 8.95. The van der Waals surface area contributed by atoms with E-state index in [1.807, 2.05) is 25.1 Å². The average molecular weight is 321 g/mol. The number of rotatable bonds is 7. The maximum atomic E-state index is 10.9. The minimum Gasteiger partial charge on any atom is -0.479 e. The number of benzene rings is 1. The molecule has 2 rings (SSSR count). The van der Waals surface area contributed by atoms with Gasteiger partial charge < -0.3 is 19.5 Å². The summed E-state index contributed by atoms with van der Waals surface area (Å²) in [6.07, 6.45) is 0.191. The molecule has 0 aliphatic carbocycles. The molecule has 128 valence electrons. The van der Waals surface area contributed by atoms with E-state index in [0.29, 0.717) is 17.7 Å². The van der Waals surface area contributed by atoms with Crippen molar-refractivity contribution in [3.8, 4) is 5.75 Å². The number of carbonyl (C=O) groups is 1. The first kappa shape index (κ1) is 17.6. The van der Waals surface area contributed by atoms with E-state index >= 15 is 0 Å². The van der Waals surface area contributed by atoms with E-state index in [1.54, 1.807) is 0 Å². The monoisotopic (exact) mass is 321 g/mol. The van der Waals surface area contributed by atoms with Crippen LogP contribution in [0.3, 0.4) is 0 Å². The lowest BCUT2D eigenvalue weighted by Gasteiger charge is -2.33. The number of carboxylic acids is 1. The van der Waals surface area contributed by atoms with E-state index in [4.69, 9.17) is 14.6 Å². The second-order valence-corrected chi connectivity index (χ2v) is 6.61. The van der Waals surface area contributed by atoms with Gasteiger partial charge in [-0.25, -0.2) is 4.79 Å². The van der Waals surface area contributed by atoms with Crippen LogP contribution in [-0.4, -0.2) is 43.0 Å². The molecule has 23 heavy (non-hydrogen) atoms. The van der Waals surface area contributed by atoms with Gasteiger partial charge in [0.25, 0.3) is 0 Å². The molecule has 5 nitrogen and oxygen atoms in total. The Balaban J connectivity index is 2.20. The molecule has 2 atom stereocenters. The van der Waals surface area contributed by atoms with Crippen LogP contribution in [0.4, 0.5) is 5.69 Å². The largest absolute Gasteiger partial charge is 0.479 e. The highest BCUT2D eigenvalue weighted by molar-refractivity contribution is 5.72. The number of carboxylic acid groups (broad SMARTS) is 1. The molecule has 1 fully saturated rings. The molecule has 1 N–H and O–H groups in total. The maximum absolute atomic E-state index is 10.9. The molecule has 0 spiro atoms. The van der Waals surface area contributed by atoms with Crippen molar-refractivity contribution >= 4 is 11.7 Å². The zero-order valence-electron chi connectivity index (χ0n) is 14.4. The molecule has 1 aromatic rings. The summed E-state index contributed by atoms with van der Waals surface area (Å²) < 4.78 is 11.0. The lowest BCUT2D eigenvalue weighted by molar-refractivity contribution is -0.144. The molecule has 2 unspecified atom stereocenters. The van der Waals surface area contributed by atoms with Crippen LogP contribution >= 0.6 is 0 Å². The van der Waals surface area contributed by atoms with Crippen molar-refractivity contribution < 1.29 is 19.4 Å². The van der Waals surface area contributed by atoms with Gasteiger partial charge in [0.05, 0.1) is 12.6 Å². The molecular weight excluding hydrogens is 294 g/mol. The van der Waals surface area contributed by atoms with Gasteiger partial charge in [0.2, 0.25) is 0 Å². The Morgan fingerprint density at radius 3 is 2.70 bits per heavy atom. The Morgan fingerprint density at radius 1 is 1.43 bits per heavy atom. The molecule has 1 aliphatic rings. The summed E-state index contributed by atoms with van der Waals surface area (Å²) in [5.74, 6) is 0.183. The van der Waals surface area contributed by atoms with Crippen molar-refractivity contribution in [2.24, 2.45) is 5.92 Å². The van der Waals surface area contributed by atoms with E-state index in [9.17, 15) is 4.79 Å². The van der Waals surface area contributed by atoms with Gasteiger partial charge in [-0.05, 0) is 49.9 Å². The molecule has 0 aromatic heterocycles. The van der Waals surface area contributed by atoms with Crippen LogP contribution in [0, 0.1) is 12.8 Å². The van der Waals surface area contributed by atoms with Gasteiger partial charge in [0, 0.05) is 18.8 Å². The Kier molecular flexibility index (Phi) is 5.88. The van der Waals surface area contributed by atoms with Crippen molar-refractivity contribution in [1.82, 2.24) is 0 Å². The SMILES string of the molecule is Cc1cc(OC(C)C(=O)O)ccc1N(CC(C)C)C1CCOC1. The summed E-state index contributed by atoms with van der Waals surface area (Å²) in [5.41, 5.74) is 2.26. The number of aliphatic carboxylic acids is 1. The predicted molar refractivity (Wildman–Crippen MR) is 90.3 cm³/mol. The fraction of sp³-hybridized carbons (Fsp3) is 0.611. The standard InChI is InChI=1S/C18H27NO4/c1-12(2)10-19(15-7-8-22-11-15)17-6-5-16(9-13(17)3)23-14(4)18(20)21/h5-6,9,12,14-15H,7-8,10-11H2,1-4H3,(H,20,21). The highest BCUT2D eigenvalue weighted by Gasteiger charge is 2.25. The van der Waals surface area contributed by atoms with Gasteiger partial charge in [-0.2, -0.15) is 0 Å². The molecule has 0 radical (unpaired) electrons. The number of aryl methyl sites for hydroxylation is 1. The molecule has 0 saturated carbocycles. The quantitative estimate of drug-likeness (QED) is 0.836. The fourth-order valence-corrected chi connectivity index (χ4v) is 2.88. The van der Waals surface area contributed by atoms with Gasteiger partial charge in [-0.1, -0.05) is 13.8 Å². The fourth-order valence-electron chi connectivity index (χ4n) is 2.88. The molecule has 5 heteroatoms. The third-order valence-electron chi connectivity index (χ3n) is 4.05. The van der Waals surface area contributed by atoms with Gasteiger partial charge >= 0.3 is 5.97 Å². The van der Waals surface area contributed by atoms with Gasteiger partial charge in [-0.15, -0.1) is 0 Å². The van der Waals surface area contributed by atoms with E-state index in [0.717, 1.165) is 31.7 Å². The molecule has 1 saturated heterocycles. The van der Waals surface area contributed by atoms with Crippen LogP contribution in [0.15, 0.2) is 18.2 Å². The predicted octanol–water partition coefficient (Wildman–Crippen LogP) is 3.10. The lowest BCUT2D eigenvalue weighted by atomic mass is 10.1. The highest BCUT2D eigenvalue weighted by atomic mass is 16.5. The third-order valence-corrected chi connectivity index (χ3v) is 4.05. The topological polar surface area (TPSA) is 59.0 Å². The smallest absolute Gasteiger partial charge is 0.344 e. The number of hydrogen-bond donors (Lipinski definition) is 1. The first-order chi connectivity index (χ1) is 10.9. The minimum absolute atomic E-state index is 0.404. The summed E-state index contributed by atoms with van der Waals surface area (Å²) in [6, 6.07) is 6.20. The Morgan fingerprint density at radius 2 is 2.17 bits per heavy atom. The van der Waals surface area contributed by atoms with Crippen LogP contribution in [-0.2, 0) is 9.53 Å². The van der Waals surface area contributed by atoms with E-state index in [1.165, 1.54) is 12.6 Å². The van der Waals surface area contributed by atoms with Crippen molar-refractivity contribution in [2.45, 2.75) is 46.3 Å².